The minimum atomic E-state index is -0.771. The van der Waals surface area contributed by atoms with Crippen molar-refractivity contribution in [1.29, 1.82) is 0 Å². The molecular weight excluding hydrogens is 226 g/mol. The van der Waals surface area contributed by atoms with Gasteiger partial charge in [-0.2, -0.15) is 0 Å². The summed E-state index contributed by atoms with van der Waals surface area (Å²) < 4.78 is 5.35. The normalized spacial score (nSPS) is 18.3. The first-order valence-corrected chi connectivity index (χ1v) is 6.37. The second-order valence-corrected chi connectivity index (χ2v) is 5.55. The van der Waals surface area contributed by atoms with Crippen LogP contribution < -0.4 is 10.5 Å². The number of hydrogen-bond acceptors (Lipinski definition) is 3. The molecule has 1 aromatic carbocycles. The monoisotopic (exact) mass is 247 g/mol. The van der Waals surface area contributed by atoms with Crippen molar-refractivity contribution in [1.82, 2.24) is 0 Å². The van der Waals surface area contributed by atoms with Crippen LogP contribution in [0.25, 0.3) is 0 Å². The van der Waals surface area contributed by atoms with Gasteiger partial charge >= 0.3 is 0 Å². The molecule has 0 spiro atoms. The van der Waals surface area contributed by atoms with Crippen LogP contribution in [0.4, 0.5) is 0 Å². The molecule has 1 unspecified atom stereocenters. The first-order chi connectivity index (χ1) is 8.37. The van der Waals surface area contributed by atoms with Crippen molar-refractivity contribution < 1.29 is 9.53 Å². The van der Waals surface area contributed by atoms with Gasteiger partial charge in [-0.25, -0.2) is 0 Å². The summed E-state index contributed by atoms with van der Waals surface area (Å²) in [6.45, 7) is 5.77. The number of methoxy groups -OCH3 is 1. The van der Waals surface area contributed by atoms with E-state index >= 15 is 0 Å². The van der Waals surface area contributed by atoms with Crippen molar-refractivity contribution in [3.8, 4) is 5.75 Å². The third kappa shape index (κ3) is 2.15. The lowest BCUT2D eigenvalue weighted by atomic mass is 9.85. The topological polar surface area (TPSA) is 52.3 Å². The van der Waals surface area contributed by atoms with E-state index in [2.05, 4.69) is 0 Å². The van der Waals surface area contributed by atoms with Crippen LogP contribution in [0.3, 0.4) is 0 Å². The Balaban J connectivity index is 2.47. The standard InChI is InChI=1S/C15H21NO2/c1-9-7-10(2)13(12(8-9)18-4)14(17)15(3,16)11-5-6-11/h7-8,11H,5-6,16H2,1-4H3. The maximum absolute atomic E-state index is 12.7. The number of ether oxygens (including phenoxy) is 1. The maximum atomic E-state index is 12.7. The summed E-state index contributed by atoms with van der Waals surface area (Å²) in [5, 5.41) is 0. The summed E-state index contributed by atoms with van der Waals surface area (Å²) in [5.74, 6) is 0.949. The third-order valence-corrected chi connectivity index (χ3v) is 3.81. The summed E-state index contributed by atoms with van der Waals surface area (Å²) in [4.78, 5) is 12.7. The first-order valence-electron chi connectivity index (χ1n) is 6.37. The fourth-order valence-corrected chi connectivity index (χ4v) is 2.52. The van der Waals surface area contributed by atoms with Crippen LogP contribution in [0.5, 0.6) is 5.75 Å². The lowest BCUT2D eigenvalue weighted by Gasteiger charge is -2.25. The minimum Gasteiger partial charge on any atom is -0.496 e. The first kappa shape index (κ1) is 13.1. The average Bonchev–Trinajstić information content (AvgIpc) is 3.10. The van der Waals surface area contributed by atoms with Crippen molar-refractivity contribution in [3.05, 3.63) is 28.8 Å². The lowest BCUT2D eigenvalue weighted by molar-refractivity contribution is 0.0879. The molecular formula is C15H21NO2. The van der Waals surface area contributed by atoms with Crippen LogP contribution >= 0.6 is 0 Å². The number of rotatable bonds is 4. The fraction of sp³-hybridized carbons (Fsp3) is 0.533. The SMILES string of the molecule is COc1cc(C)cc(C)c1C(=O)C(C)(N)C1CC1. The highest BCUT2D eigenvalue weighted by Gasteiger charge is 2.45. The van der Waals surface area contributed by atoms with Crippen molar-refractivity contribution in [2.75, 3.05) is 7.11 Å². The van der Waals surface area contributed by atoms with Gasteiger partial charge < -0.3 is 10.5 Å². The minimum absolute atomic E-state index is 0.000602. The number of carbonyl (C=O) groups is 1. The van der Waals surface area contributed by atoms with E-state index in [1.165, 1.54) is 0 Å². The maximum Gasteiger partial charge on any atom is 0.186 e. The predicted molar refractivity (Wildman–Crippen MR) is 72.1 cm³/mol. The van der Waals surface area contributed by atoms with Crippen LogP contribution in [0.1, 0.15) is 41.3 Å². The summed E-state index contributed by atoms with van der Waals surface area (Å²) in [5.41, 5.74) is 8.12. The van der Waals surface area contributed by atoms with Gasteiger partial charge in [-0.1, -0.05) is 6.07 Å². The Morgan fingerprint density at radius 3 is 2.50 bits per heavy atom. The van der Waals surface area contributed by atoms with Gasteiger partial charge in [0.15, 0.2) is 5.78 Å². The zero-order valence-corrected chi connectivity index (χ0v) is 11.5. The Morgan fingerprint density at radius 1 is 1.39 bits per heavy atom. The van der Waals surface area contributed by atoms with E-state index in [0.717, 1.165) is 24.0 Å². The average molecular weight is 247 g/mol. The second-order valence-electron chi connectivity index (χ2n) is 5.55. The zero-order chi connectivity index (χ0) is 13.5. The molecule has 1 aromatic rings. The van der Waals surface area contributed by atoms with Gasteiger partial charge in [0.25, 0.3) is 0 Å². The molecule has 98 valence electrons. The Morgan fingerprint density at radius 2 is 2.00 bits per heavy atom. The molecule has 0 heterocycles. The summed E-state index contributed by atoms with van der Waals surface area (Å²) in [6.07, 6.45) is 2.10. The smallest absolute Gasteiger partial charge is 0.186 e. The summed E-state index contributed by atoms with van der Waals surface area (Å²) in [7, 11) is 1.59. The lowest BCUT2D eigenvalue weighted by Crippen LogP contribution is -2.47. The van der Waals surface area contributed by atoms with Gasteiger partial charge in [-0.3, -0.25) is 4.79 Å². The molecule has 1 aliphatic rings. The number of nitrogens with two attached hydrogens (primary N) is 1. The molecule has 3 nitrogen and oxygen atoms in total. The highest BCUT2D eigenvalue weighted by Crippen LogP contribution is 2.41. The molecule has 18 heavy (non-hydrogen) atoms. The van der Waals surface area contributed by atoms with Gasteiger partial charge in [0.1, 0.15) is 5.75 Å². The predicted octanol–water partition coefficient (Wildman–Crippen LogP) is 2.62. The Bertz CT molecular complexity index is 488. The van der Waals surface area contributed by atoms with E-state index in [1.54, 1.807) is 7.11 Å². The van der Waals surface area contributed by atoms with Gasteiger partial charge in [0.2, 0.25) is 0 Å². The molecule has 0 radical (unpaired) electrons. The molecule has 3 heteroatoms. The van der Waals surface area contributed by atoms with Crippen molar-refractivity contribution in [2.24, 2.45) is 11.7 Å². The van der Waals surface area contributed by atoms with E-state index in [-0.39, 0.29) is 5.78 Å². The van der Waals surface area contributed by atoms with Gasteiger partial charge in [0.05, 0.1) is 18.2 Å². The van der Waals surface area contributed by atoms with Gasteiger partial charge in [-0.15, -0.1) is 0 Å². The van der Waals surface area contributed by atoms with Crippen LogP contribution in [0.15, 0.2) is 12.1 Å². The number of hydrogen-bond donors (Lipinski definition) is 1. The summed E-state index contributed by atoms with van der Waals surface area (Å²) >= 11 is 0. The van der Waals surface area contributed by atoms with E-state index in [9.17, 15) is 4.79 Å². The molecule has 0 aromatic heterocycles. The number of benzene rings is 1. The molecule has 0 saturated heterocycles. The largest absolute Gasteiger partial charge is 0.496 e. The molecule has 1 fully saturated rings. The van der Waals surface area contributed by atoms with Gasteiger partial charge in [0, 0.05) is 0 Å². The third-order valence-electron chi connectivity index (χ3n) is 3.81. The fourth-order valence-electron chi connectivity index (χ4n) is 2.52. The summed E-state index contributed by atoms with van der Waals surface area (Å²) in [6, 6.07) is 3.89. The van der Waals surface area contributed by atoms with Crippen molar-refractivity contribution >= 4 is 5.78 Å². The van der Waals surface area contributed by atoms with Gasteiger partial charge in [-0.05, 0) is 56.7 Å². The molecule has 1 saturated carbocycles. The highest BCUT2D eigenvalue weighted by atomic mass is 16.5. The van der Waals surface area contributed by atoms with Crippen LogP contribution in [-0.4, -0.2) is 18.4 Å². The van der Waals surface area contributed by atoms with Crippen molar-refractivity contribution in [2.45, 2.75) is 39.2 Å². The number of Topliss-reactive ketones (excluding diaryl/α,β-unsaturated/α-hetero) is 1. The molecule has 2 rings (SSSR count). The van der Waals surface area contributed by atoms with Crippen molar-refractivity contribution in [3.63, 3.8) is 0 Å². The van der Waals surface area contributed by atoms with Crippen LogP contribution in [0, 0.1) is 19.8 Å². The second kappa shape index (κ2) is 4.39. The van der Waals surface area contributed by atoms with Crippen LogP contribution in [0.2, 0.25) is 0 Å². The van der Waals surface area contributed by atoms with E-state index in [1.807, 2.05) is 32.9 Å². The molecule has 1 aliphatic carbocycles. The molecule has 1 atom stereocenters. The quantitative estimate of drug-likeness (QED) is 0.832. The molecule has 0 aliphatic heterocycles. The van der Waals surface area contributed by atoms with E-state index < -0.39 is 5.54 Å². The Labute approximate surface area is 108 Å². The van der Waals surface area contributed by atoms with Crippen LogP contribution in [-0.2, 0) is 0 Å². The molecule has 0 amide bonds. The van der Waals surface area contributed by atoms with E-state index in [4.69, 9.17) is 10.5 Å². The number of aryl methyl sites for hydroxylation is 2. The zero-order valence-electron chi connectivity index (χ0n) is 11.5. The Hall–Kier alpha value is -1.35. The number of carbonyl (C=O) groups excluding carboxylic acids is 1. The molecule has 0 bridgehead atoms. The van der Waals surface area contributed by atoms with E-state index in [0.29, 0.717) is 17.2 Å². The molecule has 2 N–H and O–H groups in total. The Kier molecular flexibility index (Phi) is 3.20. The number of ketones is 1. The highest BCUT2D eigenvalue weighted by molar-refractivity contribution is 6.06.